The molecule has 1 unspecified atom stereocenters. The van der Waals surface area contributed by atoms with Crippen LogP contribution in [0.1, 0.15) is 201 Å². The molecule has 1 atom stereocenters. The normalized spacial score (nSPS) is 12.5. The Labute approximate surface area is 298 Å². The fourth-order valence-electron chi connectivity index (χ4n) is 5.64. The maximum Gasteiger partial charge on any atom is 0.306 e. The Morgan fingerprint density at radius 3 is 1.50 bits per heavy atom. The van der Waals surface area contributed by atoms with Crippen molar-refractivity contribution >= 4 is 11.9 Å². The maximum atomic E-state index is 12.5. The Hall–Kier alpha value is -1.88. The van der Waals surface area contributed by atoms with Crippen molar-refractivity contribution in [2.75, 3.05) is 19.8 Å². The van der Waals surface area contributed by atoms with Gasteiger partial charge in [-0.05, 0) is 51.4 Å². The summed E-state index contributed by atoms with van der Waals surface area (Å²) in [7, 11) is 0. The van der Waals surface area contributed by atoms with Crippen molar-refractivity contribution in [3.05, 3.63) is 36.5 Å². The summed E-state index contributed by atoms with van der Waals surface area (Å²) < 4.78 is 17.1. The summed E-state index contributed by atoms with van der Waals surface area (Å²) in [6.07, 6.45) is 44.5. The summed E-state index contributed by atoms with van der Waals surface area (Å²) >= 11 is 0. The molecule has 0 aromatic rings. The number of rotatable bonds is 37. The van der Waals surface area contributed by atoms with Gasteiger partial charge in [0.15, 0.2) is 6.10 Å². The lowest BCUT2D eigenvalue weighted by atomic mass is 10.1. The van der Waals surface area contributed by atoms with Crippen molar-refractivity contribution < 1.29 is 23.8 Å². The van der Waals surface area contributed by atoms with Crippen LogP contribution in [0.5, 0.6) is 0 Å². The van der Waals surface area contributed by atoms with Crippen LogP contribution >= 0.6 is 0 Å². The molecule has 5 nitrogen and oxygen atoms in total. The van der Waals surface area contributed by atoms with E-state index in [2.05, 4.69) is 57.2 Å². The van der Waals surface area contributed by atoms with E-state index in [9.17, 15) is 9.59 Å². The highest BCUT2D eigenvalue weighted by Crippen LogP contribution is 2.13. The Morgan fingerprint density at radius 1 is 0.479 bits per heavy atom. The molecular formula is C43H78O5. The van der Waals surface area contributed by atoms with Gasteiger partial charge in [-0.15, -0.1) is 0 Å². The molecule has 0 aliphatic heterocycles. The van der Waals surface area contributed by atoms with E-state index in [1.807, 2.05) is 0 Å². The molecule has 0 aromatic heterocycles. The van der Waals surface area contributed by atoms with E-state index in [0.29, 0.717) is 19.4 Å². The second-order valence-corrected chi connectivity index (χ2v) is 13.5. The molecule has 0 aliphatic carbocycles. The number of hydrogen-bond donors (Lipinski definition) is 0. The maximum absolute atomic E-state index is 12.5. The topological polar surface area (TPSA) is 61.8 Å². The molecule has 5 heteroatoms. The zero-order valence-electron chi connectivity index (χ0n) is 32.0. The molecule has 0 radical (unpaired) electrons. The Balaban J connectivity index is 4.04. The SMILES string of the molecule is CC/C=C\C/C=C\C/C=C\CCCCCCCCCCOCC(COC(=O)CCCCCCCCCCC)OC(=O)CCCCCCC. The fraction of sp³-hybridized carbons (Fsp3) is 0.814. The number of carbonyl (C=O) groups is 2. The molecule has 0 aromatic carbocycles. The van der Waals surface area contributed by atoms with Crippen LogP contribution in [0, 0.1) is 0 Å². The van der Waals surface area contributed by atoms with Gasteiger partial charge in [-0.2, -0.15) is 0 Å². The van der Waals surface area contributed by atoms with Crippen LogP contribution in [-0.4, -0.2) is 37.9 Å². The van der Waals surface area contributed by atoms with E-state index >= 15 is 0 Å². The molecule has 280 valence electrons. The van der Waals surface area contributed by atoms with E-state index in [-0.39, 0.29) is 25.2 Å². The van der Waals surface area contributed by atoms with Crippen molar-refractivity contribution in [1.29, 1.82) is 0 Å². The third kappa shape index (κ3) is 36.9. The smallest absolute Gasteiger partial charge is 0.306 e. The predicted molar refractivity (Wildman–Crippen MR) is 205 cm³/mol. The average molecular weight is 675 g/mol. The zero-order valence-corrected chi connectivity index (χ0v) is 32.0. The number of esters is 2. The first-order valence-corrected chi connectivity index (χ1v) is 20.5. The van der Waals surface area contributed by atoms with Gasteiger partial charge in [0.25, 0.3) is 0 Å². The predicted octanol–water partition coefficient (Wildman–Crippen LogP) is 13.1. The van der Waals surface area contributed by atoms with Crippen LogP contribution in [0.4, 0.5) is 0 Å². The number of carbonyl (C=O) groups excluding carboxylic acids is 2. The lowest BCUT2D eigenvalue weighted by Gasteiger charge is -2.18. The first-order chi connectivity index (χ1) is 23.6. The van der Waals surface area contributed by atoms with Crippen molar-refractivity contribution in [1.82, 2.24) is 0 Å². The quantitative estimate of drug-likeness (QED) is 0.0373. The average Bonchev–Trinajstić information content (AvgIpc) is 3.08. The summed E-state index contributed by atoms with van der Waals surface area (Å²) in [5.74, 6) is -0.414. The molecule has 0 N–H and O–H groups in total. The van der Waals surface area contributed by atoms with E-state index in [0.717, 1.165) is 64.2 Å². The fourth-order valence-corrected chi connectivity index (χ4v) is 5.64. The van der Waals surface area contributed by atoms with E-state index < -0.39 is 6.10 Å². The van der Waals surface area contributed by atoms with Crippen LogP contribution in [-0.2, 0) is 23.8 Å². The first-order valence-electron chi connectivity index (χ1n) is 20.5. The van der Waals surface area contributed by atoms with Gasteiger partial charge in [-0.25, -0.2) is 0 Å². The van der Waals surface area contributed by atoms with Crippen LogP contribution in [0.3, 0.4) is 0 Å². The van der Waals surface area contributed by atoms with Gasteiger partial charge in [0.05, 0.1) is 6.61 Å². The third-order valence-corrected chi connectivity index (χ3v) is 8.69. The van der Waals surface area contributed by atoms with Gasteiger partial charge < -0.3 is 14.2 Å². The minimum atomic E-state index is -0.528. The van der Waals surface area contributed by atoms with Crippen LogP contribution in [0.15, 0.2) is 36.5 Å². The van der Waals surface area contributed by atoms with E-state index in [1.54, 1.807) is 0 Å². The standard InChI is InChI=1S/C43H78O5/c1-4-7-10-13-15-17-18-19-20-21-22-23-24-25-27-29-32-35-38-46-39-41(48-43(45)37-34-30-12-9-6-3)40-47-42(44)36-33-31-28-26-16-14-11-8-5-2/h7,10,15,17,19-20,41H,4-6,8-9,11-14,16,18,21-40H2,1-3H3/b10-7-,17-15-,20-19-. The summed E-state index contributed by atoms with van der Waals surface area (Å²) in [6, 6.07) is 0. The lowest BCUT2D eigenvalue weighted by molar-refractivity contribution is -0.163. The van der Waals surface area contributed by atoms with Gasteiger partial charge in [-0.3, -0.25) is 9.59 Å². The summed E-state index contributed by atoms with van der Waals surface area (Å²) in [5.41, 5.74) is 0. The second kappa shape index (κ2) is 39.6. The van der Waals surface area contributed by atoms with Gasteiger partial charge in [0, 0.05) is 19.4 Å². The van der Waals surface area contributed by atoms with Crippen LogP contribution in [0.2, 0.25) is 0 Å². The first kappa shape index (κ1) is 46.1. The zero-order chi connectivity index (χ0) is 35.0. The highest BCUT2D eigenvalue weighted by atomic mass is 16.6. The van der Waals surface area contributed by atoms with Crippen molar-refractivity contribution in [3.63, 3.8) is 0 Å². The second-order valence-electron chi connectivity index (χ2n) is 13.5. The summed E-state index contributed by atoms with van der Waals surface area (Å²) in [6.45, 7) is 7.62. The number of allylic oxidation sites excluding steroid dienone is 6. The molecule has 0 bridgehead atoms. The largest absolute Gasteiger partial charge is 0.462 e. The van der Waals surface area contributed by atoms with Gasteiger partial charge in [0.2, 0.25) is 0 Å². The van der Waals surface area contributed by atoms with Crippen LogP contribution in [0.25, 0.3) is 0 Å². The molecule has 0 saturated heterocycles. The Morgan fingerprint density at radius 2 is 0.938 bits per heavy atom. The number of ether oxygens (including phenoxy) is 3. The lowest BCUT2D eigenvalue weighted by Crippen LogP contribution is -2.30. The highest BCUT2D eigenvalue weighted by Gasteiger charge is 2.17. The van der Waals surface area contributed by atoms with Gasteiger partial charge in [0.1, 0.15) is 6.61 Å². The van der Waals surface area contributed by atoms with Crippen molar-refractivity contribution in [2.24, 2.45) is 0 Å². The van der Waals surface area contributed by atoms with E-state index in [4.69, 9.17) is 14.2 Å². The van der Waals surface area contributed by atoms with Gasteiger partial charge in [-0.1, -0.05) is 173 Å². The molecule has 0 aliphatic rings. The molecule has 0 fully saturated rings. The van der Waals surface area contributed by atoms with Gasteiger partial charge >= 0.3 is 11.9 Å². The summed E-state index contributed by atoms with van der Waals surface area (Å²) in [5, 5.41) is 0. The molecular weight excluding hydrogens is 596 g/mol. The van der Waals surface area contributed by atoms with Crippen LogP contribution < -0.4 is 0 Å². The number of unbranched alkanes of at least 4 members (excludes halogenated alkanes) is 20. The molecule has 0 rings (SSSR count). The summed E-state index contributed by atoms with van der Waals surface area (Å²) in [4.78, 5) is 24.8. The molecule has 0 amide bonds. The van der Waals surface area contributed by atoms with E-state index in [1.165, 1.54) is 103 Å². The minimum Gasteiger partial charge on any atom is -0.462 e. The molecule has 0 spiro atoms. The molecule has 0 heterocycles. The monoisotopic (exact) mass is 675 g/mol. The van der Waals surface area contributed by atoms with Crippen molar-refractivity contribution in [2.45, 2.75) is 207 Å². The molecule has 48 heavy (non-hydrogen) atoms. The highest BCUT2D eigenvalue weighted by molar-refractivity contribution is 5.70. The Kier molecular flexibility index (Phi) is 38.0. The van der Waals surface area contributed by atoms with Crippen molar-refractivity contribution in [3.8, 4) is 0 Å². The molecule has 0 saturated carbocycles. The minimum absolute atomic E-state index is 0.0849. The Bertz CT molecular complexity index is 771. The number of hydrogen-bond acceptors (Lipinski definition) is 5. The third-order valence-electron chi connectivity index (χ3n) is 8.69.